The second kappa shape index (κ2) is 8.28. The number of nitro groups is 1. The van der Waals surface area contributed by atoms with Crippen LogP contribution in [-0.2, 0) is 4.79 Å². The van der Waals surface area contributed by atoms with Gasteiger partial charge in [-0.3, -0.25) is 14.9 Å². The average Bonchev–Trinajstić information content (AvgIpc) is 2.56. The van der Waals surface area contributed by atoms with Crippen LogP contribution in [0.5, 0.6) is 5.75 Å². The SMILES string of the molecule is O=C(COc1cc(Cl)ccc1Cl)N/N=C/c1ccccc1[N+](=O)[O-]. The first kappa shape index (κ1) is 17.7. The summed E-state index contributed by atoms with van der Waals surface area (Å²) in [6, 6.07) is 10.6. The summed E-state index contributed by atoms with van der Waals surface area (Å²) in [6.07, 6.45) is 1.18. The molecule has 2 rings (SSSR count). The van der Waals surface area contributed by atoms with Gasteiger partial charge in [-0.15, -0.1) is 0 Å². The lowest BCUT2D eigenvalue weighted by Crippen LogP contribution is -2.24. The number of hydrogen-bond donors (Lipinski definition) is 1. The highest BCUT2D eigenvalue weighted by atomic mass is 35.5. The van der Waals surface area contributed by atoms with Crippen molar-refractivity contribution < 1.29 is 14.5 Å². The Labute approximate surface area is 147 Å². The van der Waals surface area contributed by atoms with Crippen LogP contribution in [-0.4, -0.2) is 23.7 Å². The number of nitro benzene ring substituents is 1. The highest BCUT2D eigenvalue weighted by molar-refractivity contribution is 6.34. The Morgan fingerprint density at radius 2 is 2.04 bits per heavy atom. The molecule has 0 spiro atoms. The molecule has 2 aromatic rings. The zero-order valence-electron chi connectivity index (χ0n) is 12.1. The van der Waals surface area contributed by atoms with Crippen LogP contribution in [0.25, 0.3) is 0 Å². The number of carbonyl (C=O) groups is 1. The molecule has 0 fully saturated rings. The molecule has 0 saturated carbocycles. The van der Waals surface area contributed by atoms with Crippen molar-refractivity contribution in [1.82, 2.24) is 5.43 Å². The summed E-state index contributed by atoms with van der Waals surface area (Å²) in [5.74, 6) is -0.289. The Hall–Kier alpha value is -2.64. The smallest absolute Gasteiger partial charge is 0.278 e. The minimum Gasteiger partial charge on any atom is -0.482 e. The third kappa shape index (κ3) is 4.94. The number of benzene rings is 2. The van der Waals surface area contributed by atoms with Crippen molar-refractivity contribution in [2.45, 2.75) is 0 Å². The molecule has 1 amide bonds. The van der Waals surface area contributed by atoms with Crippen LogP contribution >= 0.6 is 23.2 Å². The number of nitrogens with zero attached hydrogens (tertiary/aromatic N) is 2. The molecular weight excluding hydrogens is 357 g/mol. The molecule has 0 bridgehead atoms. The maximum atomic E-state index is 11.7. The lowest BCUT2D eigenvalue weighted by molar-refractivity contribution is -0.385. The van der Waals surface area contributed by atoms with Gasteiger partial charge < -0.3 is 4.74 Å². The average molecular weight is 368 g/mol. The molecule has 124 valence electrons. The number of nitrogens with one attached hydrogen (secondary N) is 1. The normalized spacial score (nSPS) is 10.6. The Morgan fingerprint density at radius 3 is 2.79 bits per heavy atom. The van der Waals surface area contributed by atoms with Gasteiger partial charge in [0.05, 0.1) is 21.7 Å². The minimum atomic E-state index is -0.555. The van der Waals surface area contributed by atoms with E-state index in [9.17, 15) is 14.9 Å². The molecule has 0 radical (unpaired) electrons. The maximum Gasteiger partial charge on any atom is 0.278 e. The molecule has 1 N–H and O–H groups in total. The van der Waals surface area contributed by atoms with Gasteiger partial charge in [-0.05, 0) is 18.2 Å². The van der Waals surface area contributed by atoms with Gasteiger partial charge in [-0.25, -0.2) is 5.43 Å². The van der Waals surface area contributed by atoms with E-state index in [4.69, 9.17) is 27.9 Å². The second-order valence-electron chi connectivity index (χ2n) is 4.47. The first-order chi connectivity index (χ1) is 11.5. The van der Waals surface area contributed by atoms with E-state index >= 15 is 0 Å². The number of ether oxygens (including phenoxy) is 1. The number of para-hydroxylation sites is 1. The summed E-state index contributed by atoms with van der Waals surface area (Å²) >= 11 is 11.7. The van der Waals surface area contributed by atoms with Crippen molar-refractivity contribution in [2.75, 3.05) is 6.61 Å². The van der Waals surface area contributed by atoms with Crippen LogP contribution in [0, 0.1) is 10.1 Å². The predicted octanol–water partition coefficient (Wildman–Crippen LogP) is 3.43. The van der Waals surface area contributed by atoms with E-state index in [-0.39, 0.29) is 23.6 Å². The maximum absolute atomic E-state index is 11.7. The van der Waals surface area contributed by atoms with Gasteiger partial charge in [0.15, 0.2) is 6.61 Å². The number of amides is 1. The van der Waals surface area contributed by atoms with Gasteiger partial charge >= 0.3 is 0 Å². The van der Waals surface area contributed by atoms with E-state index in [0.717, 1.165) is 0 Å². The Morgan fingerprint density at radius 1 is 1.29 bits per heavy atom. The van der Waals surface area contributed by atoms with Crippen LogP contribution < -0.4 is 10.2 Å². The van der Waals surface area contributed by atoms with Gasteiger partial charge in [-0.2, -0.15) is 5.10 Å². The molecule has 2 aromatic carbocycles. The van der Waals surface area contributed by atoms with Crippen molar-refractivity contribution in [3.05, 3.63) is 68.2 Å². The van der Waals surface area contributed by atoms with Crippen LogP contribution in [0.15, 0.2) is 47.6 Å². The Bertz CT molecular complexity index is 796. The molecule has 9 heteroatoms. The van der Waals surface area contributed by atoms with E-state index in [1.807, 2.05) is 0 Å². The number of hydrogen-bond acceptors (Lipinski definition) is 5. The summed E-state index contributed by atoms with van der Waals surface area (Å²) in [5, 5.41) is 15.3. The first-order valence-electron chi connectivity index (χ1n) is 6.60. The molecule has 0 atom stereocenters. The Kier molecular flexibility index (Phi) is 6.11. The van der Waals surface area contributed by atoms with Gasteiger partial charge in [0.1, 0.15) is 5.75 Å². The summed E-state index contributed by atoms with van der Waals surface area (Å²) in [4.78, 5) is 22.0. The predicted molar refractivity (Wildman–Crippen MR) is 90.8 cm³/mol. The largest absolute Gasteiger partial charge is 0.482 e. The molecule has 7 nitrogen and oxygen atoms in total. The zero-order chi connectivity index (χ0) is 17.5. The third-order valence-electron chi connectivity index (χ3n) is 2.78. The van der Waals surface area contributed by atoms with Crippen molar-refractivity contribution in [3.63, 3.8) is 0 Å². The van der Waals surface area contributed by atoms with Gasteiger partial charge in [0.25, 0.3) is 11.6 Å². The van der Waals surface area contributed by atoms with E-state index in [2.05, 4.69) is 10.5 Å². The van der Waals surface area contributed by atoms with Crippen molar-refractivity contribution in [1.29, 1.82) is 0 Å². The summed E-state index contributed by atoms with van der Waals surface area (Å²) < 4.78 is 5.23. The molecule has 0 saturated heterocycles. The van der Waals surface area contributed by atoms with Gasteiger partial charge in [0.2, 0.25) is 0 Å². The van der Waals surface area contributed by atoms with Crippen molar-refractivity contribution in [3.8, 4) is 5.75 Å². The van der Waals surface area contributed by atoms with Gasteiger partial charge in [-0.1, -0.05) is 35.3 Å². The number of hydrazone groups is 1. The molecule has 0 heterocycles. The highest BCUT2D eigenvalue weighted by Crippen LogP contribution is 2.27. The van der Waals surface area contributed by atoms with E-state index in [1.165, 1.54) is 30.5 Å². The fraction of sp³-hybridized carbons (Fsp3) is 0.0667. The fourth-order valence-electron chi connectivity index (χ4n) is 1.70. The molecule has 0 aliphatic rings. The van der Waals surface area contributed by atoms with Gasteiger partial charge in [0, 0.05) is 17.2 Å². The van der Waals surface area contributed by atoms with Crippen LogP contribution in [0.4, 0.5) is 5.69 Å². The quantitative estimate of drug-likeness (QED) is 0.480. The molecule has 0 aromatic heterocycles. The number of rotatable bonds is 6. The second-order valence-corrected chi connectivity index (χ2v) is 5.32. The standard InChI is InChI=1S/C15H11Cl2N3O4/c16-11-5-6-12(17)14(7-11)24-9-15(21)19-18-8-10-3-1-2-4-13(10)20(22)23/h1-8H,9H2,(H,19,21)/b18-8+. The monoisotopic (exact) mass is 367 g/mol. The molecule has 0 unspecified atom stereocenters. The molecule has 0 aliphatic carbocycles. The number of carbonyl (C=O) groups excluding carboxylic acids is 1. The molecular formula is C15H11Cl2N3O4. The first-order valence-corrected chi connectivity index (χ1v) is 7.36. The molecule has 0 aliphatic heterocycles. The fourth-order valence-corrected chi connectivity index (χ4v) is 2.03. The number of halogens is 2. The third-order valence-corrected chi connectivity index (χ3v) is 3.33. The minimum absolute atomic E-state index is 0.113. The highest BCUT2D eigenvalue weighted by Gasteiger charge is 2.10. The van der Waals surface area contributed by atoms with Crippen LogP contribution in [0.1, 0.15) is 5.56 Å². The summed E-state index contributed by atoms with van der Waals surface area (Å²) in [6.45, 7) is -0.339. The Balaban J connectivity index is 1.92. The lowest BCUT2D eigenvalue weighted by atomic mass is 10.2. The van der Waals surface area contributed by atoms with Crippen molar-refractivity contribution in [2.24, 2.45) is 5.10 Å². The lowest BCUT2D eigenvalue weighted by Gasteiger charge is -2.07. The van der Waals surface area contributed by atoms with Crippen LogP contribution in [0.2, 0.25) is 10.0 Å². The van der Waals surface area contributed by atoms with E-state index < -0.39 is 10.8 Å². The van der Waals surface area contributed by atoms with Crippen molar-refractivity contribution >= 4 is 41.0 Å². The van der Waals surface area contributed by atoms with E-state index in [0.29, 0.717) is 10.0 Å². The topological polar surface area (TPSA) is 93.8 Å². The molecule has 24 heavy (non-hydrogen) atoms. The van der Waals surface area contributed by atoms with E-state index in [1.54, 1.807) is 18.2 Å². The summed E-state index contributed by atoms with van der Waals surface area (Å²) in [7, 11) is 0. The van der Waals surface area contributed by atoms with Crippen LogP contribution in [0.3, 0.4) is 0 Å². The zero-order valence-corrected chi connectivity index (χ0v) is 13.6. The summed E-state index contributed by atoms with van der Waals surface area (Å²) in [5.41, 5.74) is 2.36.